The largest absolute Gasteiger partial charge is 0.497 e. The molecule has 2 heterocycles. The number of carbonyl (C=O) groups is 1. The molecule has 30 heavy (non-hydrogen) atoms. The first-order chi connectivity index (χ1) is 14.7. The molecule has 1 amide bonds. The van der Waals surface area contributed by atoms with Gasteiger partial charge in [0.2, 0.25) is 5.82 Å². The Morgan fingerprint density at radius 1 is 1.03 bits per heavy atom. The van der Waals surface area contributed by atoms with E-state index >= 15 is 0 Å². The summed E-state index contributed by atoms with van der Waals surface area (Å²) < 4.78 is 17.6. The average Bonchev–Trinajstić information content (AvgIpc) is 3.50. The van der Waals surface area contributed by atoms with Gasteiger partial charge in [0.05, 0.1) is 14.2 Å². The van der Waals surface area contributed by atoms with Gasteiger partial charge in [-0.2, -0.15) is 4.98 Å². The van der Waals surface area contributed by atoms with E-state index in [9.17, 15) is 4.79 Å². The van der Waals surface area contributed by atoms with E-state index in [1.807, 2.05) is 65.5 Å². The monoisotopic (exact) mass is 404 g/mol. The Hall–Kier alpha value is -4.07. The number of nitrogens with one attached hydrogen (secondary N) is 1. The number of hydrogen-bond donors (Lipinski definition) is 1. The van der Waals surface area contributed by atoms with Crippen LogP contribution in [0.15, 0.2) is 71.5 Å². The van der Waals surface area contributed by atoms with Crippen LogP contribution in [0.5, 0.6) is 11.5 Å². The first-order valence-electron chi connectivity index (χ1n) is 9.24. The molecule has 0 fully saturated rings. The van der Waals surface area contributed by atoms with Crippen molar-refractivity contribution in [2.24, 2.45) is 0 Å². The van der Waals surface area contributed by atoms with Gasteiger partial charge in [0.1, 0.15) is 11.5 Å². The molecule has 0 aliphatic heterocycles. The lowest BCUT2D eigenvalue weighted by Gasteiger charge is -2.08. The SMILES string of the molecule is COc1cc(CNC(=O)c2nc(-c3ccc(-n4cccc4)cc3)no2)cc(OC)c1. The first kappa shape index (κ1) is 19.3. The van der Waals surface area contributed by atoms with Crippen molar-refractivity contribution in [1.29, 1.82) is 0 Å². The van der Waals surface area contributed by atoms with Crippen LogP contribution in [0.25, 0.3) is 17.1 Å². The zero-order valence-corrected chi connectivity index (χ0v) is 16.5. The second-order valence-electron chi connectivity index (χ2n) is 6.46. The molecule has 0 radical (unpaired) electrons. The van der Waals surface area contributed by atoms with Gasteiger partial charge in [-0.15, -0.1) is 0 Å². The highest BCUT2D eigenvalue weighted by molar-refractivity contribution is 5.89. The van der Waals surface area contributed by atoms with Crippen LogP contribution < -0.4 is 14.8 Å². The van der Waals surface area contributed by atoms with Crippen LogP contribution in [0.4, 0.5) is 0 Å². The summed E-state index contributed by atoms with van der Waals surface area (Å²) in [5.41, 5.74) is 2.59. The van der Waals surface area contributed by atoms with Crippen LogP contribution in [0.1, 0.15) is 16.2 Å². The number of carbonyl (C=O) groups excluding carboxylic acids is 1. The lowest BCUT2D eigenvalue weighted by atomic mass is 10.2. The van der Waals surface area contributed by atoms with Crippen molar-refractivity contribution in [3.8, 4) is 28.6 Å². The van der Waals surface area contributed by atoms with E-state index in [0.717, 1.165) is 16.8 Å². The quantitative estimate of drug-likeness (QED) is 0.507. The minimum atomic E-state index is -0.459. The summed E-state index contributed by atoms with van der Waals surface area (Å²) in [7, 11) is 3.14. The molecular formula is C22H20N4O4. The van der Waals surface area contributed by atoms with Crippen LogP contribution in [-0.4, -0.2) is 34.8 Å². The summed E-state index contributed by atoms with van der Waals surface area (Å²) in [5, 5.41) is 6.68. The van der Waals surface area contributed by atoms with Crippen LogP contribution in [0.3, 0.4) is 0 Å². The van der Waals surface area contributed by atoms with E-state index < -0.39 is 5.91 Å². The third-order valence-electron chi connectivity index (χ3n) is 4.51. The van der Waals surface area contributed by atoms with Gasteiger partial charge in [0.25, 0.3) is 0 Å². The van der Waals surface area contributed by atoms with Crippen molar-refractivity contribution in [2.75, 3.05) is 14.2 Å². The van der Waals surface area contributed by atoms with Gasteiger partial charge in [-0.1, -0.05) is 5.16 Å². The second-order valence-corrected chi connectivity index (χ2v) is 6.46. The molecule has 0 bridgehead atoms. The number of hydrogen-bond acceptors (Lipinski definition) is 6. The fourth-order valence-electron chi connectivity index (χ4n) is 2.95. The summed E-state index contributed by atoms with van der Waals surface area (Å²) in [6, 6.07) is 17.0. The average molecular weight is 404 g/mol. The summed E-state index contributed by atoms with van der Waals surface area (Å²) in [5.74, 6) is 1.07. The zero-order chi connectivity index (χ0) is 20.9. The van der Waals surface area contributed by atoms with Gasteiger partial charge in [-0.05, 0) is 54.1 Å². The second kappa shape index (κ2) is 8.52. The van der Waals surface area contributed by atoms with Crippen LogP contribution in [0, 0.1) is 0 Å². The van der Waals surface area contributed by atoms with E-state index in [1.54, 1.807) is 20.3 Å². The molecule has 2 aromatic heterocycles. The van der Waals surface area contributed by atoms with Gasteiger partial charge in [0, 0.05) is 36.3 Å². The number of nitrogens with zero attached hydrogens (tertiary/aromatic N) is 3. The smallest absolute Gasteiger partial charge is 0.316 e. The van der Waals surface area contributed by atoms with Crippen molar-refractivity contribution in [2.45, 2.75) is 6.54 Å². The highest BCUT2D eigenvalue weighted by Gasteiger charge is 2.16. The van der Waals surface area contributed by atoms with Crippen molar-refractivity contribution >= 4 is 5.91 Å². The Morgan fingerprint density at radius 2 is 1.70 bits per heavy atom. The molecule has 0 aliphatic rings. The molecule has 0 unspecified atom stereocenters. The van der Waals surface area contributed by atoms with E-state index in [-0.39, 0.29) is 12.4 Å². The number of benzene rings is 2. The third-order valence-corrected chi connectivity index (χ3v) is 4.51. The molecule has 8 nitrogen and oxygen atoms in total. The van der Waals surface area contributed by atoms with E-state index in [2.05, 4.69) is 15.5 Å². The molecule has 1 N–H and O–H groups in total. The summed E-state index contributed by atoms with van der Waals surface area (Å²) in [6.45, 7) is 0.260. The number of methoxy groups -OCH3 is 2. The Labute approximate surface area is 173 Å². The fraction of sp³-hybridized carbons (Fsp3) is 0.136. The molecule has 0 atom stereocenters. The Balaban J connectivity index is 1.43. The lowest BCUT2D eigenvalue weighted by Crippen LogP contribution is -2.23. The Morgan fingerprint density at radius 3 is 2.33 bits per heavy atom. The minimum absolute atomic E-state index is 0.102. The maximum Gasteiger partial charge on any atom is 0.316 e. The third kappa shape index (κ3) is 4.17. The number of aromatic nitrogens is 3. The van der Waals surface area contributed by atoms with Crippen LogP contribution >= 0.6 is 0 Å². The predicted molar refractivity (Wildman–Crippen MR) is 110 cm³/mol. The molecule has 4 rings (SSSR count). The maximum absolute atomic E-state index is 12.4. The normalized spacial score (nSPS) is 10.6. The predicted octanol–water partition coefficient (Wildman–Crippen LogP) is 3.47. The molecule has 2 aromatic carbocycles. The highest BCUT2D eigenvalue weighted by Crippen LogP contribution is 2.22. The van der Waals surface area contributed by atoms with E-state index in [1.165, 1.54) is 0 Å². The number of amides is 1. The van der Waals surface area contributed by atoms with Gasteiger partial charge < -0.3 is 23.9 Å². The van der Waals surface area contributed by atoms with Crippen LogP contribution in [0.2, 0.25) is 0 Å². The Kier molecular flexibility index (Phi) is 5.47. The number of ether oxygens (including phenoxy) is 2. The zero-order valence-electron chi connectivity index (χ0n) is 16.5. The van der Waals surface area contributed by atoms with Crippen molar-refractivity contribution in [3.63, 3.8) is 0 Å². The Bertz CT molecular complexity index is 1110. The van der Waals surface area contributed by atoms with Gasteiger partial charge >= 0.3 is 11.8 Å². The summed E-state index contributed by atoms with van der Waals surface area (Å²) in [6.07, 6.45) is 3.92. The molecule has 0 aliphatic carbocycles. The minimum Gasteiger partial charge on any atom is -0.497 e. The van der Waals surface area contributed by atoms with Crippen molar-refractivity contribution in [1.82, 2.24) is 20.0 Å². The summed E-state index contributed by atoms with van der Waals surface area (Å²) in [4.78, 5) is 16.6. The van der Waals surface area contributed by atoms with Gasteiger partial charge in [-0.3, -0.25) is 4.79 Å². The molecular weight excluding hydrogens is 384 g/mol. The molecule has 8 heteroatoms. The van der Waals surface area contributed by atoms with E-state index in [4.69, 9.17) is 14.0 Å². The molecule has 0 spiro atoms. The fourth-order valence-corrected chi connectivity index (χ4v) is 2.95. The molecule has 152 valence electrons. The molecule has 4 aromatic rings. The van der Waals surface area contributed by atoms with Gasteiger partial charge in [0.15, 0.2) is 0 Å². The number of rotatable bonds is 7. The highest BCUT2D eigenvalue weighted by atomic mass is 16.5. The lowest BCUT2D eigenvalue weighted by molar-refractivity contribution is 0.0907. The van der Waals surface area contributed by atoms with E-state index in [0.29, 0.717) is 17.3 Å². The maximum atomic E-state index is 12.4. The molecule has 0 saturated heterocycles. The molecule has 0 saturated carbocycles. The standard InChI is InChI=1S/C22H20N4O4/c1-28-18-11-15(12-19(13-18)29-2)14-23-21(27)22-24-20(25-30-22)16-5-7-17(8-6-16)26-9-3-4-10-26/h3-13H,14H2,1-2H3,(H,23,27). The first-order valence-corrected chi connectivity index (χ1v) is 9.24. The van der Waals surface area contributed by atoms with Crippen LogP contribution in [-0.2, 0) is 6.54 Å². The van der Waals surface area contributed by atoms with Gasteiger partial charge in [-0.25, -0.2) is 0 Å². The van der Waals surface area contributed by atoms with Crippen molar-refractivity contribution in [3.05, 3.63) is 78.4 Å². The summed E-state index contributed by atoms with van der Waals surface area (Å²) >= 11 is 0. The van der Waals surface area contributed by atoms with Crippen molar-refractivity contribution < 1.29 is 18.8 Å². The topological polar surface area (TPSA) is 91.4 Å².